The van der Waals surface area contributed by atoms with Crippen LogP contribution in [0, 0.1) is 0 Å². The summed E-state index contributed by atoms with van der Waals surface area (Å²) in [5, 5.41) is 9.89. The van der Waals surface area contributed by atoms with Gasteiger partial charge in [-0.1, -0.05) is 84.9 Å². The second-order valence-corrected chi connectivity index (χ2v) is 14.0. The molecule has 3 heterocycles. The summed E-state index contributed by atoms with van der Waals surface area (Å²) in [5.74, 6) is 0. The zero-order valence-electron chi connectivity index (χ0n) is 26.9. The maximum atomic E-state index is 6.23. The summed E-state index contributed by atoms with van der Waals surface area (Å²) in [6.45, 7) is 0. The Morgan fingerprint density at radius 1 is 0.420 bits per heavy atom. The quantitative estimate of drug-likeness (QED) is 0.188. The Kier molecular flexibility index (Phi) is 5.83. The Balaban J connectivity index is 1.12. The molecule has 0 atom stereocenters. The molecule has 0 saturated carbocycles. The first-order valence-electron chi connectivity index (χ1n) is 16.9. The van der Waals surface area contributed by atoms with Crippen molar-refractivity contribution in [1.82, 2.24) is 4.57 Å². The number of aromatic nitrogens is 1. The van der Waals surface area contributed by atoms with E-state index in [1.54, 1.807) is 0 Å². The average Bonchev–Trinajstić information content (AvgIpc) is 3.85. The van der Waals surface area contributed by atoms with E-state index in [2.05, 4.69) is 167 Å². The fraction of sp³-hybridized carbons (Fsp3) is 0. The van der Waals surface area contributed by atoms with Crippen molar-refractivity contribution < 1.29 is 4.42 Å². The highest BCUT2D eigenvalue weighted by Crippen LogP contribution is 2.43. The fourth-order valence-corrected chi connectivity index (χ4v) is 9.01. The Labute approximate surface area is 291 Å². The highest BCUT2D eigenvalue weighted by Gasteiger charge is 2.19. The molecule has 8 aromatic carbocycles. The lowest BCUT2D eigenvalue weighted by Gasteiger charge is -2.26. The van der Waals surface area contributed by atoms with Gasteiger partial charge in [0.1, 0.15) is 11.2 Å². The molecular weight excluding hydrogens is 629 g/mol. The van der Waals surface area contributed by atoms with Crippen LogP contribution in [0.15, 0.2) is 174 Å². The van der Waals surface area contributed by atoms with E-state index in [0.29, 0.717) is 0 Å². The maximum Gasteiger partial charge on any atom is 0.135 e. The van der Waals surface area contributed by atoms with Gasteiger partial charge < -0.3 is 13.9 Å². The molecule has 0 amide bonds. The SMILES string of the molecule is c1ccc2c(c1)ccc1c2c2ccccc2n1-c1ccc(N(c2ccc3oc4ccccc4c3c2)c2ccc3sc4ccccc4c3c2)cc1. The highest BCUT2D eigenvalue weighted by molar-refractivity contribution is 7.25. The zero-order chi connectivity index (χ0) is 32.8. The smallest absolute Gasteiger partial charge is 0.135 e. The molecule has 0 aliphatic carbocycles. The number of furan rings is 1. The molecule has 4 heteroatoms. The summed E-state index contributed by atoms with van der Waals surface area (Å²) in [6.07, 6.45) is 0. The van der Waals surface area contributed by atoms with Crippen molar-refractivity contribution in [2.45, 2.75) is 0 Å². The molecule has 3 nitrogen and oxygen atoms in total. The number of rotatable bonds is 4. The lowest BCUT2D eigenvalue weighted by atomic mass is 10.0. The minimum atomic E-state index is 0.892. The highest BCUT2D eigenvalue weighted by atomic mass is 32.1. The van der Waals surface area contributed by atoms with E-state index in [4.69, 9.17) is 4.42 Å². The molecule has 11 aromatic rings. The van der Waals surface area contributed by atoms with Crippen molar-refractivity contribution in [2.24, 2.45) is 0 Å². The Morgan fingerprint density at radius 3 is 1.94 bits per heavy atom. The first kappa shape index (κ1) is 27.6. The molecule has 3 aromatic heterocycles. The minimum absolute atomic E-state index is 0.892. The van der Waals surface area contributed by atoms with Gasteiger partial charge in [0, 0.05) is 64.5 Å². The van der Waals surface area contributed by atoms with Gasteiger partial charge in [0.25, 0.3) is 0 Å². The molecule has 0 aliphatic rings. The molecule has 0 bridgehead atoms. The van der Waals surface area contributed by atoms with Crippen LogP contribution in [0.2, 0.25) is 0 Å². The van der Waals surface area contributed by atoms with E-state index in [9.17, 15) is 0 Å². The molecule has 234 valence electrons. The number of para-hydroxylation sites is 2. The third kappa shape index (κ3) is 4.03. The van der Waals surface area contributed by atoms with E-state index in [1.165, 1.54) is 52.8 Å². The van der Waals surface area contributed by atoms with Crippen LogP contribution in [0.1, 0.15) is 0 Å². The summed E-state index contributed by atoms with van der Waals surface area (Å²) in [7, 11) is 0. The standard InChI is InChI=1S/C46H28N2OS/c1-2-10-34-29(9-1)17-24-41-46(34)37-13-3-6-14-40(37)48(41)31-20-18-30(19-21-31)47(32-22-25-43-38(27-32)35-11-4-7-15-42(35)49-43)33-23-26-45-39(28-33)36-12-5-8-16-44(36)50-45/h1-28H. The van der Waals surface area contributed by atoms with Crippen LogP contribution in [-0.4, -0.2) is 4.57 Å². The summed E-state index contributed by atoms with van der Waals surface area (Å²) < 4.78 is 11.2. The van der Waals surface area contributed by atoms with Crippen molar-refractivity contribution in [3.63, 3.8) is 0 Å². The number of benzene rings is 8. The summed E-state index contributed by atoms with van der Waals surface area (Å²) in [5.41, 5.74) is 8.63. The number of hydrogen-bond acceptors (Lipinski definition) is 3. The van der Waals surface area contributed by atoms with E-state index >= 15 is 0 Å². The summed E-state index contributed by atoms with van der Waals surface area (Å²) in [6, 6.07) is 61.4. The number of fused-ring (bicyclic) bond motifs is 11. The van der Waals surface area contributed by atoms with Crippen LogP contribution in [0.3, 0.4) is 0 Å². The van der Waals surface area contributed by atoms with Crippen LogP contribution in [0.25, 0.3) is 80.4 Å². The number of anilines is 3. The van der Waals surface area contributed by atoms with Gasteiger partial charge in [-0.25, -0.2) is 0 Å². The van der Waals surface area contributed by atoms with E-state index in [1.807, 2.05) is 23.5 Å². The molecule has 0 radical (unpaired) electrons. The largest absolute Gasteiger partial charge is 0.456 e. The number of nitrogens with zero attached hydrogens (tertiary/aromatic N) is 2. The van der Waals surface area contributed by atoms with Crippen LogP contribution < -0.4 is 4.90 Å². The zero-order valence-corrected chi connectivity index (χ0v) is 27.7. The summed E-state index contributed by atoms with van der Waals surface area (Å²) >= 11 is 1.85. The minimum Gasteiger partial charge on any atom is -0.456 e. The van der Waals surface area contributed by atoms with Crippen LogP contribution in [0.5, 0.6) is 0 Å². The maximum absolute atomic E-state index is 6.23. The molecule has 50 heavy (non-hydrogen) atoms. The second-order valence-electron chi connectivity index (χ2n) is 12.9. The predicted molar refractivity (Wildman–Crippen MR) is 213 cm³/mol. The van der Waals surface area contributed by atoms with Crippen LogP contribution >= 0.6 is 11.3 Å². The Bertz CT molecular complexity index is 2990. The molecule has 0 saturated heterocycles. The normalized spacial score (nSPS) is 12.0. The lowest BCUT2D eigenvalue weighted by Crippen LogP contribution is -2.10. The van der Waals surface area contributed by atoms with Crippen LogP contribution in [0.4, 0.5) is 17.1 Å². The lowest BCUT2D eigenvalue weighted by molar-refractivity contribution is 0.669. The van der Waals surface area contributed by atoms with Gasteiger partial charge in [0.2, 0.25) is 0 Å². The van der Waals surface area contributed by atoms with Crippen LogP contribution in [-0.2, 0) is 0 Å². The second kappa shape index (κ2) is 10.6. The van der Waals surface area contributed by atoms with Gasteiger partial charge in [-0.2, -0.15) is 0 Å². The number of hydrogen-bond donors (Lipinski definition) is 0. The predicted octanol–water partition coefficient (Wildman–Crippen LogP) is 13.7. The van der Waals surface area contributed by atoms with Crippen molar-refractivity contribution in [3.8, 4) is 5.69 Å². The van der Waals surface area contributed by atoms with Gasteiger partial charge in [-0.15, -0.1) is 11.3 Å². The van der Waals surface area contributed by atoms with Gasteiger partial charge in [0.05, 0.1) is 11.0 Å². The Hall–Kier alpha value is -6.36. The van der Waals surface area contributed by atoms with Gasteiger partial charge in [-0.05, 0) is 95.7 Å². The number of thiophene rings is 1. The van der Waals surface area contributed by atoms with Gasteiger partial charge >= 0.3 is 0 Å². The molecule has 0 N–H and O–H groups in total. The Morgan fingerprint density at radius 2 is 1.06 bits per heavy atom. The average molecular weight is 657 g/mol. The molecular formula is C46H28N2OS. The van der Waals surface area contributed by atoms with Crippen molar-refractivity contribution in [1.29, 1.82) is 0 Å². The van der Waals surface area contributed by atoms with E-state index in [-0.39, 0.29) is 0 Å². The van der Waals surface area contributed by atoms with E-state index < -0.39 is 0 Å². The topological polar surface area (TPSA) is 21.3 Å². The van der Waals surface area contributed by atoms with Crippen molar-refractivity contribution in [2.75, 3.05) is 4.90 Å². The fourth-order valence-electron chi connectivity index (χ4n) is 7.92. The first-order valence-corrected chi connectivity index (χ1v) is 17.7. The van der Waals surface area contributed by atoms with E-state index in [0.717, 1.165) is 44.7 Å². The molecule has 0 aliphatic heterocycles. The molecule has 11 rings (SSSR count). The molecule has 0 unspecified atom stereocenters. The van der Waals surface area contributed by atoms with Gasteiger partial charge in [-0.3, -0.25) is 0 Å². The summed E-state index contributed by atoms with van der Waals surface area (Å²) in [4.78, 5) is 2.37. The first-order chi connectivity index (χ1) is 24.8. The van der Waals surface area contributed by atoms with Gasteiger partial charge in [0.15, 0.2) is 0 Å². The third-order valence-corrected chi connectivity index (χ3v) is 11.3. The molecule has 0 fully saturated rings. The van der Waals surface area contributed by atoms with Crippen molar-refractivity contribution in [3.05, 3.63) is 170 Å². The third-order valence-electron chi connectivity index (χ3n) is 10.2. The monoisotopic (exact) mass is 656 g/mol. The van der Waals surface area contributed by atoms with Crippen molar-refractivity contribution >= 4 is 103 Å². The molecule has 0 spiro atoms.